The molecule has 0 spiro atoms. The summed E-state index contributed by atoms with van der Waals surface area (Å²) in [6, 6.07) is 18.6. The number of unbranched alkanes of at least 4 members (excludes halogenated alkanes) is 15. The van der Waals surface area contributed by atoms with Crippen LogP contribution < -0.4 is 5.32 Å². The number of esters is 2. The molecule has 2 aromatic rings. The fraction of sp³-hybridized carbons (Fsp3) is 0.674. The van der Waals surface area contributed by atoms with Crippen molar-refractivity contribution in [3.8, 4) is 0 Å². The Morgan fingerprint density at radius 2 is 1.17 bits per heavy atom. The lowest BCUT2D eigenvalue weighted by atomic mass is 9.96. The van der Waals surface area contributed by atoms with Crippen molar-refractivity contribution >= 4 is 28.2 Å². The van der Waals surface area contributed by atoms with E-state index >= 15 is 0 Å². The Morgan fingerprint density at radius 1 is 0.683 bits per heavy atom. The highest BCUT2D eigenvalue weighted by Gasteiger charge is 2.51. The van der Waals surface area contributed by atoms with Gasteiger partial charge in [0.05, 0.1) is 6.61 Å². The van der Waals surface area contributed by atoms with E-state index in [0.29, 0.717) is 25.7 Å². The molecule has 2 unspecified atom stereocenters. The predicted octanol–water partition coefficient (Wildman–Crippen LogP) is 7.89. The first-order valence-electron chi connectivity index (χ1n) is 22.4. The summed E-state index contributed by atoms with van der Waals surface area (Å²) in [5.41, 5.74) is 2.48. The maximum absolute atomic E-state index is 13.9. The molecule has 3 rings (SSSR count). The van der Waals surface area contributed by atoms with Crippen molar-refractivity contribution in [2.45, 2.75) is 191 Å². The molecule has 1 aliphatic rings. The Hall–Kier alpha value is -3.40. The molecule has 14 heteroatoms. The van der Waals surface area contributed by atoms with Gasteiger partial charge < -0.3 is 29.7 Å². The third-order valence-electron chi connectivity index (χ3n) is 10.9. The number of hydrogen-bond acceptors (Lipinski definition) is 11. The van der Waals surface area contributed by atoms with Crippen LogP contribution in [-0.4, -0.2) is 84.4 Å². The molecule has 2 aromatic carbocycles. The van der Waals surface area contributed by atoms with Gasteiger partial charge in [0, 0.05) is 12.8 Å². The van der Waals surface area contributed by atoms with Crippen LogP contribution in [0.2, 0.25) is 0 Å². The Labute approximate surface area is 358 Å². The van der Waals surface area contributed by atoms with Crippen molar-refractivity contribution in [3.05, 3.63) is 71.8 Å². The highest BCUT2D eigenvalue weighted by molar-refractivity contribution is 7.80. The van der Waals surface area contributed by atoms with Crippen LogP contribution in [0.1, 0.15) is 153 Å². The first-order valence-corrected chi connectivity index (χ1v) is 23.7. The van der Waals surface area contributed by atoms with Gasteiger partial charge in [0.2, 0.25) is 0 Å². The fourth-order valence-electron chi connectivity index (χ4n) is 7.56. The molecule has 4 N–H and O–H groups in total. The largest absolute Gasteiger partial charge is 0.457 e. The van der Waals surface area contributed by atoms with Gasteiger partial charge in [-0.3, -0.25) is 18.9 Å². The lowest BCUT2D eigenvalue weighted by molar-refractivity contribution is -0.254. The summed E-state index contributed by atoms with van der Waals surface area (Å²) in [5, 5.41) is 23.6. The second-order valence-electron chi connectivity index (χ2n) is 16.0. The second kappa shape index (κ2) is 29.8. The molecule has 13 nitrogen and oxygen atoms in total. The van der Waals surface area contributed by atoms with Gasteiger partial charge in [-0.2, -0.15) is 8.42 Å². The molecule has 338 valence electrons. The molecular formula is C46H71NO12S. The van der Waals surface area contributed by atoms with Crippen LogP contribution in [0, 0.1) is 0 Å². The predicted molar refractivity (Wildman–Crippen MR) is 229 cm³/mol. The minimum atomic E-state index is -5.19. The van der Waals surface area contributed by atoms with Crippen molar-refractivity contribution in [2.75, 3.05) is 6.61 Å². The number of carbonyl (C=O) groups is 3. The fourth-order valence-corrected chi connectivity index (χ4v) is 8.07. The van der Waals surface area contributed by atoms with E-state index in [4.69, 9.17) is 18.4 Å². The molecule has 0 radical (unpaired) electrons. The number of aliphatic hydroxyl groups excluding tert-OH is 2. The maximum Gasteiger partial charge on any atom is 0.397 e. The first-order chi connectivity index (χ1) is 29.0. The number of carbonyl (C=O) groups excluding carboxylic acids is 3. The molecule has 1 saturated heterocycles. The smallest absolute Gasteiger partial charge is 0.397 e. The highest BCUT2D eigenvalue weighted by atomic mass is 32.3. The number of aryl methyl sites for hydroxylation is 2. The van der Waals surface area contributed by atoms with Gasteiger partial charge in [-0.05, 0) is 62.5 Å². The zero-order valence-electron chi connectivity index (χ0n) is 35.6. The molecule has 0 aliphatic carbocycles. The van der Waals surface area contributed by atoms with Crippen LogP contribution >= 0.6 is 0 Å². The van der Waals surface area contributed by atoms with E-state index in [1.807, 2.05) is 36.4 Å². The van der Waals surface area contributed by atoms with E-state index in [0.717, 1.165) is 70.6 Å². The highest BCUT2D eigenvalue weighted by Crippen LogP contribution is 2.28. The summed E-state index contributed by atoms with van der Waals surface area (Å²) >= 11 is 0. The van der Waals surface area contributed by atoms with Crippen LogP contribution in [0.5, 0.6) is 0 Å². The first kappa shape index (κ1) is 51.0. The average Bonchev–Trinajstić information content (AvgIpc) is 3.23. The quantitative estimate of drug-likeness (QED) is 0.0316. The topological polar surface area (TPSA) is 195 Å². The molecule has 1 amide bonds. The third kappa shape index (κ3) is 21.4. The molecule has 0 saturated carbocycles. The number of benzene rings is 2. The van der Waals surface area contributed by atoms with E-state index < -0.39 is 71.6 Å². The van der Waals surface area contributed by atoms with Crippen molar-refractivity contribution in [2.24, 2.45) is 0 Å². The lowest BCUT2D eigenvalue weighted by Crippen LogP contribution is -2.67. The van der Waals surface area contributed by atoms with Crippen LogP contribution in [0.3, 0.4) is 0 Å². The maximum atomic E-state index is 13.9. The van der Waals surface area contributed by atoms with Crippen LogP contribution in [0.4, 0.5) is 0 Å². The Bertz CT molecular complexity index is 1580. The number of rotatable bonds is 32. The monoisotopic (exact) mass is 861 g/mol. The van der Waals surface area contributed by atoms with Crippen molar-refractivity contribution in [1.29, 1.82) is 0 Å². The van der Waals surface area contributed by atoms with E-state index in [9.17, 15) is 37.6 Å². The summed E-state index contributed by atoms with van der Waals surface area (Å²) < 4.78 is 55.2. The SMILES string of the molecule is CCCCCCCCCCCCC(OC(=O)CCCCCCc1ccccc1)C(=O)N[C@H]1C(O)O[C@H](CO)[C@@H](OS(=O)(=O)O)[C@@H]1OC(=O)CCCCCCc1ccccc1. The van der Waals surface area contributed by atoms with Crippen LogP contribution in [0.15, 0.2) is 60.7 Å². The molecular weight excluding hydrogens is 791 g/mol. The molecule has 0 bridgehead atoms. The van der Waals surface area contributed by atoms with Crippen LogP contribution in [-0.2, 0) is 56.0 Å². The van der Waals surface area contributed by atoms with Gasteiger partial charge in [-0.25, -0.2) is 4.18 Å². The summed E-state index contributed by atoms with van der Waals surface area (Å²) in [5.74, 6) is -2.12. The summed E-state index contributed by atoms with van der Waals surface area (Å²) in [6.45, 7) is 1.31. The minimum absolute atomic E-state index is 0.0624. The molecule has 1 aliphatic heterocycles. The Morgan fingerprint density at radius 3 is 1.68 bits per heavy atom. The molecule has 1 heterocycles. The number of amides is 1. The van der Waals surface area contributed by atoms with Crippen molar-refractivity contribution < 1.29 is 56.0 Å². The number of hydrogen-bond donors (Lipinski definition) is 4. The zero-order chi connectivity index (χ0) is 43.4. The van der Waals surface area contributed by atoms with Gasteiger partial charge in [-0.1, -0.05) is 151 Å². The minimum Gasteiger partial charge on any atom is -0.457 e. The van der Waals surface area contributed by atoms with Gasteiger partial charge in [-0.15, -0.1) is 0 Å². The number of nitrogens with one attached hydrogen (secondary N) is 1. The molecule has 60 heavy (non-hydrogen) atoms. The third-order valence-corrected chi connectivity index (χ3v) is 11.4. The van der Waals surface area contributed by atoms with Crippen molar-refractivity contribution in [3.63, 3.8) is 0 Å². The van der Waals surface area contributed by atoms with Crippen LogP contribution in [0.25, 0.3) is 0 Å². The van der Waals surface area contributed by atoms with Gasteiger partial charge >= 0.3 is 22.3 Å². The van der Waals surface area contributed by atoms with E-state index in [1.54, 1.807) is 0 Å². The number of aliphatic hydroxyl groups is 2. The summed E-state index contributed by atoms with van der Waals surface area (Å²) in [4.78, 5) is 40.2. The van der Waals surface area contributed by atoms with E-state index in [2.05, 4.69) is 36.5 Å². The van der Waals surface area contributed by atoms with E-state index in [-0.39, 0.29) is 19.3 Å². The van der Waals surface area contributed by atoms with Crippen molar-refractivity contribution in [1.82, 2.24) is 5.32 Å². The van der Waals surface area contributed by atoms with Gasteiger partial charge in [0.1, 0.15) is 18.2 Å². The Balaban J connectivity index is 1.63. The second-order valence-corrected chi connectivity index (χ2v) is 17.0. The van der Waals surface area contributed by atoms with E-state index in [1.165, 1.54) is 43.2 Å². The van der Waals surface area contributed by atoms with Gasteiger partial charge in [0.25, 0.3) is 5.91 Å². The molecule has 6 atom stereocenters. The standard InChI is InChI=1S/C46H71NO12S/c1-2-3-4-5-6-7-8-9-10-23-32-38(56-40(49)33-24-13-11-17-26-36-28-19-15-20-29-36)45(51)47-42-44(43(59-60(53,54)55)39(35-48)57-46(42)52)58-41(50)34-25-14-12-18-27-37-30-21-16-22-31-37/h15-16,19-22,28-31,38-39,42-44,46,48,52H,2-14,17-18,23-27,32-35H2,1H3,(H,47,51)(H,53,54,55)/t38?,39-,42-,43-,44-,46?/m1/s1. The summed E-state index contributed by atoms with van der Waals surface area (Å²) in [6.07, 6.45) is 10.7. The lowest BCUT2D eigenvalue weighted by Gasteiger charge is -2.43. The average molecular weight is 862 g/mol. The van der Waals surface area contributed by atoms with Gasteiger partial charge in [0.15, 0.2) is 18.5 Å². The summed E-state index contributed by atoms with van der Waals surface area (Å²) in [7, 11) is -5.19. The Kier molecular flexibility index (Phi) is 25.3. The number of ether oxygens (including phenoxy) is 3. The molecule has 1 fully saturated rings. The molecule has 0 aromatic heterocycles. The normalized spacial score (nSPS) is 19.7. The zero-order valence-corrected chi connectivity index (χ0v) is 36.4.